The van der Waals surface area contributed by atoms with Crippen LogP contribution < -0.4 is 0 Å². The Balaban J connectivity index is -0.000000183. The van der Waals surface area contributed by atoms with Crippen molar-refractivity contribution in [1.82, 2.24) is 0 Å². The third-order valence-electron chi connectivity index (χ3n) is 1.02. The molecular weight excluding hydrogens is 248 g/mol. The molecule has 0 aliphatic carbocycles. The van der Waals surface area contributed by atoms with Gasteiger partial charge in [-0.2, -0.15) is 0 Å². The van der Waals surface area contributed by atoms with E-state index in [0.717, 1.165) is 20.4 Å². The van der Waals surface area contributed by atoms with Gasteiger partial charge in [-0.1, -0.05) is 0 Å². The quantitative estimate of drug-likeness (QED) is 0.421. The van der Waals surface area contributed by atoms with Crippen molar-refractivity contribution < 1.29 is 42.9 Å². The van der Waals surface area contributed by atoms with Crippen molar-refractivity contribution in [3.63, 3.8) is 0 Å². The second kappa shape index (κ2) is 14.2. The van der Waals surface area contributed by atoms with Crippen LogP contribution in [0.2, 0.25) is 0 Å². The van der Waals surface area contributed by atoms with Gasteiger partial charge in [0.1, 0.15) is 0 Å². The molecule has 0 spiro atoms. The van der Waals surface area contributed by atoms with E-state index in [1.807, 2.05) is 0 Å². The van der Waals surface area contributed by atoms with Crippen LogP contribution in [0.3, 0.4) is 0 Å². The predicted octanol–water partition coefficient (Wildman–Crippen LogP) is 0.891. The maximum atomic E-state index is 8.46. The van der Waals surface area contributed by atoms with Gasteiger partial charge in [-0.25, -0.2) is 0 Å². The minimum absolute atomic E-state index is 0.250. The molecule has 90 valence electrons. The molecule has 0 unspecified atom stereocenters. The fourth-order valence-corrected chi connectivity index (χ4v) is 0.740. The molecule has 5 nitrogen and oxygen atoms in total. The second-order valence-electron chi connectivity index (χ2n) is 3.29. The predicted molar refractivity (Wildman–Crippen MR) is 60.4 cm³/mol. The molecule has 0 aliphatic rings. The zero-order valence-electron chi connectivity index (χ0n) is 10.1. The fourth-order valence-electron chi connectivity index (χ4n) is 0.740. The first-order valence-electron chi connectivity index (χ1n) is 4.51. The van der Waals surface area contributed by atoms with E-state index in [1.165, 1.54) is 0 Å². The molecule has 16 heavy (non-hydrogen) atoms. The van der Waals surface area contributed by atoms with Crippen LogP contribution in [0.4, 0.5) is 0 Å². The molecule has 0 aromatic rings. The van der Waals surface area contributed by atoms with E-state index in [2.05, 4.69) is 0 Å². The minimum atomic E-state index is 0.250. The summed E-state index contributed by atoms with van der Waals surface area (Å²) in [6.45, 7) is 6.22. The van der Waals surface area contributed by atoms with Crippen molar-refractivity contribution in [2.24, 2.45) is 0 Å². The Bertz CT molecular complexity index is 210. The van der Waals surface area contributed by atoms with Crippen LogP contribution in [-0.2, 0) is 23.7 Å². The van der Waals surface area contributed by atoms with Crippen molar-refractivity contribution in [2.45, 2.75) is 40.5 Å². The Kier molecular flexibility index (Phi) is 18.3. The molecule has 0 bridgehead atoms. The van der Waals surface area contributed by atoms with Crippen molar-refractivity contribution in [2.75, 3.05) is 0 Å². The van der Waals surface area contributed by atoms with Crippen molar-refractivity contribution >= 4 is 23.1 Å². The Labute approximate surface area is 107 Å². The van der Waals surface area contributed by atoms with E-state index in [4.69, 9.17) is 22.5 Å². The van der Waals surface area contributed by atoms with E-state index in [0.29, 0.717) is 12.8 Å². The summed E-state index contributed by atoms with van der Waals surface area (Å²) in [6.07, 6.45) is 0.611. The topological polar surface area (TPSA) is 103 Å². The summed E-state index contributed by atoms with van der Waals surface area (Å²) in [7, 11) is 0. The van der Waals surface area contributed by atoms with Gasteiger partial charge in [0.15, 0.2) is 12.8 Å². The summed E-state index contributed by atoms with van der Waals surface area (Å²) >= 11 is 0.750. The Morgan fingerprint density at radius 2 is 0.812 bits per heavy atom. The molecule has 0 aromatic heterocycles. The summed E-state index contributed by atoms with van der Waals surface area (Å²) < 4.78 is 8.25. The second-order valence-corrected chi connectivity index (χ2v) is 3.29. The van der Waals surface area contributed by atoms with Crippen molar-refractivity contribution in [1.29, 1.82) is 0 Å². The van der Waals surface area contributed by atoms with Gasteiger partial charge in [0.2, 0.25) is 0 Å². The summed E-state index contributed by atoms with van der Waals surface area (Å²) in [4.78, 5) is 33.8. The van der Waals surface area contributed by atoms with Gasteiger partial charge >= 0.3 is 46.9 Å². The summed E-state index contributed by atoms with van der Waals surface area (Å²) in [5, 5.41) is 0. The average molecular weight is 268 g/mol. The molecule has 0 aromatic carbocycles. The zero-order chi connectivity index (χ0) is 13.7. The van der Waals surface area contributed by atoms with Crippen LogP contribution in [0.5, 0.6) is 0 Å². The normalized spacial score (nSPS) is 7.44. The molecule has 4 N–H and O–H groups in total. The average Bonchev–Trinajstić information content (AvgIpc) is 2.03. The summed E-state index contributed by atoms with van der Waals surface area (Å²) in [5.74, 6) is 1.00. The number of rotatable bonds is 4. The first kappa shape index (κ1) is 20.6. The van der Waals surface area contributed by atoms with E-state index < -0.39 is 0 Å². The molecule has 0 saturated heterocycles. The maximum absolute atomic E-state index is 8.46. The van der Waals surface area contributed by atoms with Gasteiger partial charge in [-0.15, -0.1) is 0 Å². The van der Waals surface area contributed by atoms with Gasteiger partial charge in [0, 0.05) is 27.7 Å². The molecule has 6 heteroatoms. The van der Waals surface area contributed by atoms with Crippen LogP contribution in [0, 0.1) is 0 Å². The van der Waals surface area contributed by atoms with Gasteiger partial charge in [0.25, 0.3) is 0 Å². The molecule has 0 fully saturated rings. The number of ketones is 4. The molecule has 0 rings (SSSR count). The summed E-state index contributed by atoms with van der Waals surface area (Å²) in [5.41, 5.74) is 0. The van der Waals surface area contributed by atoms with Crippen LogP contribution >= 0.6 is 0 Å². The number of hydrogen-bond acceptors (Lipinski definition) is 1. The molecular formula is C10H20O5Ti+4. The molecule has 0 amide bonds. The first-order valence-corrected chi connectivity index (χ1v) is 5.15. The SMILES string of the molecule is CC(=[OH+])CC(C)=[OH+].CC(=[OH+])CC(C)=[OH+].[O]=[Ti]. The van der Waals surface area contributed by atoms with Gasteiger partial charge in [-0.3, -0.25) is 19.2 Å². The first-order chi connectivity index (χ1) is 7.25. The fraction of sp³-hybridized carbons (Fsp3) is 0.600. The number of hydrogen-bond donors (Lipinski definition) is 0. The third kappa shape index (κ3) is 37.9. The van der Waals surface area contributed by atoms with Gasteiger partial charge in [0.05, 0.1) is 0 Å². The van der Waals surface area contributed by atoms with Crippen LogP contribution in [0.15, 0.2) is 0 Å². The van der Waals surface area contributed by atoms with Gasteiger partial charge < -0.3 is 0 Å². The summed E-state index contributed by atoms with van der Waals surface area (Å²) in [6, 6.07) is 0. The van der Waals surface area contributed by atoms with E-state index in [-0.39, 0.29) is 23.1 Å². The van der Waals surface area contributed by atoms with Crippen molar-refractivity contribution in [3.05, 3.63) is 0 Å². The zero-order valence-corrected chi connectivity index (χ0v) is 11.7. The third-order valence-corrected chi connectivity index (χ3v) is 1.02. The Morgan fingerprint density at radius 1 is 0.688 bits per heavy atom. The monoisotopic (exact) mass is 268 g/mol. The van der Waals surface area contributed by atoms with Crippen molar-refractivity contribution in [3.8, 4) is 0 Å². The number of carbonyl (C=O) groups excluding carboxylic acids is 4. The molecule has 0 saturated carbocycles. The van der Waals surface area contributed by atoms with Crippen LogP contribution in [0.1, 0.15) is 40.5 Å². The van der Waals surface area contributed by atoms with Gasteiger partial charge in [-0.05, 0) is 0 Å². The molecule has 0 aliphatic heterocycles. The van der Waals surface area contributed by atoms with E-state index >= 15 is 0 Å². The Hall–Kier alpha value is -0.806. The van der Waals surface area contributed by atoms with E-state index in [1.54, 1.807) is 27.7 Å². The Morgan fingerprint density at radius 3 is 0.812 bits per heavy atom. The molecule has 0 radical (unpaired) electrons. The standard InChI is InChI=1S/2C5H8O2.O.Ti/c2*1-4(6)3-5(2)7;;/h2*3H2,1-2H3;;/p+4. The molecule has 0 heterocycles. The molecule has 0 atom stereocenters. The van der Waals surface area contributed by atoms with E-state index in [9.17, 15) is 0 Å². The van der Waals surface area contributed by atoms with Crippen LogP contribution in [0.25, 0.3) is 0 Å². The van der Waals surface area contributed by atoms with Crippen LogP contribution in [-0.4, -0.2) is 42.3 Å².